The van der Waals surface area contributed by atoms with Crippen LogP contribution in [-0.2, 0) is 0 Å². The van der Waals surface area contributed by atoms with E-state index in [0.717, 1.165) is 72.3 Å². The van der Waals surface area contributed by atoms with Crippen LogP contribution in [0.5, 0.6) is 0 Å². The maximum atomic E-state index is 6.73. The van der Waals surface area contributed by atoms with Crippen LogP contribution in [-0.4, -0.2) is 15.0 Å². The summed E-state index contributed by atoms with van der Waals surface area (Å²) in [7, 11) is 0. The fourth-order valence-corrected chi connectivity index (χ4v) is 8.14. The maximum absolute atomic E-state index is 6.73. The average molecular weight is 658 g/mol. The third-order valence-corrected chi connectivity index (χ3v) is 10.6. The zero-order valence-electron chi connectivity index (χ0n) is 26.7. The van der Waals surface area contributed by atoms with E-state index in [1.54, 1.807) is 0 Å². The number of para-hydroxylation sites is 1. The van der Waals surface area contributed by atoms with E-state index in [0.29, 0.717) is 5.82 Å². The van der Waals surface area contributed by atoms with Gasteiger partial charge in [0.25, 0.3) is 0 Å². The standard InChI is InChI=1S/C45H27N3OS/c1-2-8-31(9-3-1)45-47-38(30-16-14-28(15-17-30)29-22-24-46-25-23-29)27-39(48-45)36-21-20-33(43-37-11-4-6-12-40(37)49-44(36)43)32-18-19-35-34-10-5-7-13-41(34)50-42(35)26-32/h1-27H. The van der Waals surface area contributed by atoms with E-state index in [1.165, 1.54) is 20.2 Å². The molecule has 0 radical (unpaired) electrons. The van der Waals surface area contributed by atoms with Crippen molar-refractivity contribution in [3.8, 4) is 56.2 Å². The van der Waals surface area contributed by atoms with Crippen LogP contribution in [0, 0.1) is 0 Å². The van der Waals surface area contributed by atoms with Crippen LogP contribution in [0.1, 0.15) is 0 Å². The number of benzene rings is 6. The van der Waals surface area contributed by atoms with Crippen molar-refractivity contribution in [2.45, 2.75) is 0 Å². The van der Waals surface area contributed by atoms with Crippen LogP contribution in [0.15, 0.2) is 168 Å². The third-order valence-electron chi connectivity index (χ3n) is 9.44. The summed E-state index contributed by atoms with van der Waals surface area (Å²) in [5, 5.41) is 4.76. The molecule has 0 bridgehead atoms. The van der Waals surface area contributed by atoms with Gasteiger partial charge in [0.2, 0.25) is 0 Å². The number of aromatic nitrogens is 3. The lowest BCUT2D eigenvalue weighted by Gasteiger charge is -2.12. The molecule has 0 amide bonds. The highest BCUT2D eigenvalue weighted by Gasteiger charge is 2.20. The minimum Gasteiger partial charge on any atom is -0.455 e. The maximum Gasteiger partial charge on any atom is 0.160 e. The molecule has 0 saturated carbocycles. The number of furan rings is 1. The van der Waals surface area contributed by atoms with Crippen LogP contribution >= 0.6 is 11.3 Å². The molecule has 0 aliphatic rings. The second-order valence-electron chi connectivity index (χ2n) is 12.4. The summed E-state index contributed by atoms with van der Waals surface area (Å²) in [6.45, 7) is 0. The second kappa shape index (κ2) is 11.6. The fourth-order valence-electron chi connectivity index (χ4n) is 6.99. The first-order valence-electron chi connectivity index (χ1n) is 16.6. The molecule has 234 valence electrons. The first-order valence-corrected chi connectivity index (χ1v) is 17.4. The zero-order valence-corrected chi connectivity index (χ0v) is 27.6. The first-order chi connectivity index (χ1) is 24.8. The fraction of sp³-hybridized carbons (Fsp3) is 0. The number of rotatable bonds is 5. The summed E-state index contributed by atoms with van der Waals surface area (Å²) in [5.41, 5.74) is 10.8. The Morgan fingerprint density at radius 1 is 0.440 bits per heavy atom. The van der Waals surface area contributed by atoms with E-state index in [2.05, 4.69) is 114 Å². The van der Waals surface area contributed by atoms with Crippen LogP contribution in [0.3, 0.4) is 0 Å². The molecule has 0 unspecified atom stereocenters. The molecule has 0 fully saturated rings. The normalized spacial score (nSPS) is 11.6. The number of hydrogen-bond donors (Lipinski definition) is 0. The number of hydrogen-bond acceptors (Lipinski definition) is 5. The van der Waals surface area contributed by atoms with Gasteiger partial charge in [0, 0.05) is 60.0 Å². The Hall–Kier alpha value is -6.43. The summed E-state index contributed by atoms with van der Waals surface area (Å²) in [5.74, 6) is 0.667. The molecule has 4 heterocycles. The van der Waals surface area contributed by atoms with Gasteiger partial charge >= 0.3 is 0 Å². The highest BCUT2D eigenvalue weighted by Crippen LogP contribution is 2.44. The van der Waals surface area contributed by atoms with Gasteiger partial charge in [0.1, 0.15) is 11.2 Å². The van der Waals surface area contributed by atoms with Gasteiger partial charge in [-0.2, -0.15) is 0 Å². The predicted molar refractivity (Wildman–Crippen MR) is 207 cm³/mol. The molecule has 10 rings (SSSR count). The minimum absolute atomic E-state index is 0.667. The Balaban J connectivity index is 1.17. The molecule has 0 atom stereocenters. The van der Waals surface area contributed by atoms with Crippen molar-refractivity contribution in [3.05, 3.63) is 164 Å². The minimum atomic E-state index is 0.667. The number of nitrogens with zero attached hydrogens (tertiary/aromatic N) is 3. The van der Waals surface area contributed by atoms with Gasteiger partial charge in [-0.1, -0.05) is 109 Å². The molecule has 0 aliphatic carbocycles. The number of pyridine rings is 1. The molecular formula is C45H27N3OS. The Kier molecular flexibility index (Phi) is 6.64. The van der Waals surface area contributed by atoms with Crippen molar-refractivity contribution in [2.24, 2.45) is 0 Å². The molecule has 0 spiro atoms. The monoisotopic (exact) mass is 657 g/mol. The van der Waals surface area contributed by atoms with Crippen LogP contribution in [0.2, 0.25) is 0 Å². The van der Waals surface area contributed by atoms with E-state index in [9.17, 15) is 0 Å². The van der Waals surface area contributed by atoms with Crippen molar-refractivity contribution in [3.63, 3.8) is 0 Å². The van der Waals surface area contributed by atoms with Gasteiger partial charge in [0.05, 0.1) is 11.4 Å². The molecule has 0 aliphatic heterocycles. The summed E-state index contributed by atoms with van der Waals surface area (Å²) in [6, 6.07) is 52.9. The van der Waals surface area contributed by atoms with Gasteiger partial charge in [-0.25, -0.2) is 9.97 Å². The number of fused-ring (bicyclic) bond motifs is 6. The number of thiophene rings is 1. The summed E-state index contributed by atoms with van der Waals surface area (Å²) in [4.78, 5) is 14.4. The summed E-state index contributed by atoms with van der Waals surface area (Å²) >= 11 is 1.84. The third kappa shape index (κ3) is 4.79. The van der Waals surface area contributed by atoms with E-state index in [4.69, 9.17) is 14.4 Å². The molecular weight excluding hydrogens is 631 g/mol. The Morgan fingerprint density at radius 3 is 1.96 bits per heavy atom. The van der Waals surface area contributed by atoms with Crippen molar-refractivity contribution in [1.29, 1.82) is 0 Å². The molecule has 6 aromatic carbocycles. The van der Waals surface area contributed by atoms with E-state index < -0.39 is 0 Å². The summed E-state index contributed by atoms with van der Waals surface area (Å²) in [6.07, 6.45) is 3.64. The van der Waals surface area contributed by atoms with Gasteiger partial charge in [-0.05, 0) is 64.7 Å². The van der Waals surface area contributed by atoms with E-state index in [-0.39, 0.29) is 0 Å². The van der Waals surface area contributed by atoms with Crippen molar-refractivity contribution in [2.75, 3.05) is 0 Å². The molecule has 4 nitrogen and oxygen atoms in total. The Morgan fingerprint density at radius 2 is 1.10 bits per heavy atom. The quantitative estimate of drug-likeness (QED) is 0.185. The highest BCUT2D eigenvalue weighted by molar-refractivity contribution is 7.25. The van der Waals surface area contributed by atoms with Crippen LogP contribution < -0.4 is 0 Å². The van der Waals surface area contributed by atoms with Crippen LogP contribution in [0.25, 0.3) is 98.3 Å². The molecule has 4 aromatic heterocycles. The van der Waals surface area contributed by atoms with Crippen molar-refractivity contribution < 1.29 is 4.42 Å². The van der Waals surface area contributed by atoms with E-state index in [1.807, 2.05) is 66.2 Å². The molecule has 50 heavy (non-hydrogen) atoms. The first kappa shape index (κ1) is 28.6. The molecule has 5 heteroatoms. The summed E-state index contributed by atoms with van der Waals surface area (Å²) < 4.78 is 9.30. The van der Waals surface area contributed by atoms with Gasteiger partial charge in [-0.3, -0.25) is 4.98 Å². The molecule has 0 N–H and O–H groups in total. The van der Waals surface area contributed by atoms with Gasteiger partial charge in [0.15, 0.2) is 5.82 Å². The Labute approximate surface area is 292 Å². The lowest BCUT2D eigenvalue weighted by atomic mass is 9.95. The smallest absolute Gasteiger partial charge is 0.160 e. The topological polar surface area (TPSA) is 51.8 Å². The Bertz CT molecular complexity index is 2860. The molecule has 0 saturated heterocycles. The van der Waals surface area contributed by atoms with Crippen LogP contribution in [0.4, 0.5) is 0 Å². The lowest BCUT2D eigenvalue weighted by molar-refractivity contribution is 0.670. The second-order valence-corrected chi connectivity index (χ2v) is 13.5. The SMILES string of the molecule is c1ccc(-c2nc(-c3ccc(-c4ccncc4)cc3)cc(-c3ccc(-c4ccc5c(c4)sc4ccccc45)c4c3oc3ccccc34)n2)cc1. The van der Waals surface area contributed by atoms with E-state index >= 15 is 0 Å². The van der Waals surface area contributed by atoms with Crippen molar-refractivity contribution >= 4 is 53.4 Å². The predicted octanol–water partition coefficient (Wildman–Crippen LogP) is 12.5. The van der Waals surface area contributed by atoms with Gasteiger partial charge < -0.3 is 4.42 Å². The largest absolute Gasteiger partial charge is 0.455 e. The highest BCUT2D eigenvalue weighted by atomic mass is 32.1. The average Bonchev–Trinajstić information content (AvgIpc) is 3.77. The molecule has 10 aromatic rings. The zero-order chi connectivity index (χ0) is 33.0. The van der Waals surface area contributed by atoms with Crippen molar-refractivity contribution in [1.82, 2.24) is 15.0 Å². The lowest BCUT2D eigenvalue weighted by Crippen LogP contribution is -1.96. The van der Waals surface area contributed by atoms with Gasteiger partial charge in [-0.15, -0.1) is 11.3 Å².